The second kappa shape index (κ2) is 15.8. The molecule has 0 unspecified atom stereocenters. The molecule has 0 aromatic heterocycles. The van der Waals surface area contributed by atoms with Gasteiger partial charge in [0.25, 0.3) is 0 Å². The zero-order valence-electron chi connectivity index (χ0n) is 25.8. The molecule has 1 N–H and O–H groups in total. The summed E-state index contributed by atoms with van der Waals surface area (Å²) in [6.07, 6.45) is 2.02. The normalized spacial score (nSPS) is 11.7. The number of methoxy groups -OCH3 is 1. The number of benzene rings is 4. The fraction of sp³-hybridized carbons (Fsp3) is 0.257. The number of rotatable bonds is 15. The molecule has 10 heteroatoms. The summed E-state index contributed by atoms with van der Waals surface area (Å²) in [6.45, 7) is 1.95. The predicted octanol–water partition coefficient (Wildman–Crippen LogP) is 5.42. The van der Waals surface area contributed by atoms with Crippen LogP contribution in [0.4, 0.5) is 5.69 Å². The van der Waals surface area contributed by atoms with Crippen molar-refractivity contribution in [2.24, 2.45) is 0 Å². The lowest BCUT2D eigenvalue weighted by molar-refractivity contribution is -0.140. The maximum absolute atomic E-state index is 14.2. The van der Waals surface area contributed by atoms with Crippen LogP contribution in [0.25, 0.3) is 0 Å². The Hall–Kier alpha value is -4.83. The van der Waals surface area contributed by atoms with Gasteiger partial charge in [0.15, 0.2) is 0 Å². The lowest BCUT2D eigenvalue weighted by atomic mass is 10.0. The Kier molecular flexibility index (Phi) is 11.6. The summed E-state index contributed by atoms with van der Waals surface area (Å²) >= 11 is 0. The van der Waals surface area contributed by atoms with Crippen molar-refractivity contribution >= 4 is 27.5 Å². The second-order valence-corrected chi connectivity index (χ2v) is 12.5. The van der Waals surface area contributed by atoms with Crippen molar-refractivity contribution in [1.29, 1.82) is 0 Å². The summed E-state index contributed by atoms with van der Waals surface area (Å²) in [5.74, 6) is 0.913. The van der Waals surface area contributed by atoms with E-state index in [4.69, 9.17) is 9.47 Å². The summed E-state index contributed by atoms with van der Waals surface area (Å²) in [5, 5.41) is 2.93. The topological polar surface area (TPSA) is 105 Å². The van der Waals surface area contributed by atoms with Crippen molar-refractivity contribution in [1.82, 2.24) is 10.2 Å². The van der Waals surface area contributed by atoms with Crippen molar-refractivity contribution in [3.63, 3.8) is 0 Å². The summed E-state index contributed by atoms with van der Waals surface area (Å²) in [4.78, 5) is 29.3. The molecule has 236 valence electrons. The number of sulfonamides is 1. The van der Waals surface area contributed by atoms with Gasteiger partial charge in [-0.2, -0.15) is 0 Å². The van der Waals surface area contributed by atoms with Gasteiger partial charge in [-0.1, -0.05) is 67.6 Å². The van der Waals surface area contributed by atoms with Crippen LogP contribution in [0.15, 0.2) is 109 Å². The van der Waals surface area contributed by atoms with E-state index in [2.05, 4.69) is 5.32 Å². The molecule has 2 amide bonds. The van der Waals surface area contributed by atoms with Crippen LogP contribution in [0.5, 0.6) is 17.2 Å². The molecule has 4 aromatic rings. The molecule has 0 fully saturated rings. The molecule has 4 rings (SSSR count). The van der Waals surface area contributed by atoms with E-state index in [0.29, 0.717) is 29.5 Å². The molecule has 0 aliphatic carbocycles. The number of carbonyl (C=O) groups is 2. The van der Waals surface area contributed by atoms with Crippen LogP contribution in [0.1, 0.15) is 24.5 Å². The van der Waals surface area contributed by atoms with Crippen LogP contribution in [-0.2, 0) is 32.6 Å². The van der Waals surface area contributed by atoms with Crippen molar-refractivity contribution in [3.05, 3.63) is 120 Å². The Bertz CT molecular complexity index is 1650. The van der Waals surface area contributed by atoms with E-state index < -0.39 is 28.5 Å². The van der Waals surface area contributed by atoms with Crippen LogP contribution in [0.3, 0.4) is 0 Å². The van der Waals surface area contributed by atoms with E-state index in [1.54, 1.807) is 43.5 Å². The van der Waals surface area contributed by atoms with Crippen molar-refractivity contribution in [2.75, 3.05) is 30.8 Å². The second-order valence-electron chi connectivity index (χ2n) is 10.5. The summed E-state index contributed by atoms with van der Waals surface area (Å²) in [6, 6.07) is 31.5. The van der Waals surface area contributed by atoms with Crippen LogP contribution in [0, 0.1) is 0 Å². The van der Waals surface area contributed by atoms with Crippen LogP contribution in [-0.4, -0.2) is 57.6 Å². The number of nitrogens with one attached hydrogen (secondary N) is 1. The number of amides is 2. The minimum absolute atomic E-state index is 0.0640. The highest BCUT2D eigenvalue weighted by Crippen LogP contribution is 2.26. The molecule has 0 spiro atoms. The molecule has 0 radical (unpaired) electrons. The maximum Gasteiger partial charge on any atom is 0.244 e. The minimum Gasteiger partial charge on any atom is -0.497 e. The average molecular weight is 630 g/mol. The molecule has 0 saturated heterocycles. The number of para-hydroxylation sites is 1. The molecule has 9 nitrogen and oxygen atoms in total. The van der Waals surface area contributed by atoms with Gasteiger partial charge in [-0.15, -0.1) is 0 Å². The first kappa shape index (κ1) is 33.1. The third-order valence-corrected chi connectivity index (χ3v) is 8.23. The molecule has 4 aromatic carbocycles. The number of carbonyl (C=O) groups excluding carboxylic acids is 2. The molecule has 0 bridgehead atoms. The third kappa shape index (κ3) is 9.58. The van der Waals surface area contributed by atoms with Crippen molar-refractivity contribution in [2.45, 2.75) is 32.4 Å². The lowest BCUT2D eigenvalue weighted by Crippen LogP contribution is -2.53. The number of hydrogen-bond acceptors (Lipinski definition) is 6. The van der Waals surface area contributed by atoms with E-state index >= 15 is 0 Å². The monoisotopic (exact) mass is 629 g/mol. The van der Waals surface area contributed by atoms with Gasteiger partial charge < -0.3 is 19.7 Å². The maximum atomic E-state index is 14.2. The molecular formula is C35H39N3O6S. The fourth-order valence-corrected chi connectivity index (χ4v) is 5.66. The van der Waals surface area contributed by atoms with Crippen molar-refractivity contribution < 1.29 is 27.5 Å². The fourth-order valence-electron chi connectivity index (χ4n) is 4.81. The van der Waals surface area contributed by atoms with Crippen LogP contribution >= 0.6 is 0 Å². The van der Waals surface area contributed by atoms with Gasteiger partial charge in [0.2, 0.25) is 21.8 Å². The highest BCUT2D eigenvalue weighted by molar-refractivity contribution is 7.92. The van der Waals surface area contributed by atoms with Gasteiger partial charge in [0.1, 0.15) is 29.8 Å². The Morgan fingerprint density at radius 1 is 0.800 bits per heavy atom. The lowest BCUT2D eigenvalue weighted by Gasteiger charge is -2.33. The first-order valence-corrected chi connectivity index (χ1v) is 16.6. The summed E-state index contributed by atoms with van der Waals surface area (Å²) in [7, 11) is -2.34. The van der Waals surface area contributed by atoms with Crippen molar-refractivity contribution in [3.8, 4) is 17.2 Å². The van der Waals surface area contributed by atoms with E-state index in [-0.39, 0.29) is 18.9 Å². The molecule has 1 atom stereocenters. The van der Waals surface area contributed by atoms with Gasteiger partial charge in [-0.05, 0) is 66.1 Å². The number of nitrogens with zero attached hydrogens (tertiary/aromatic N) is 2. The first-order valence-electron chi connectivity index (χ1n) is 14.7. The summed E-state index contributed by atoms with van der Waals surface area (Å²) < 4.78 is 38.4. The summed E-state index contributed by atoms with van der Waals surface area (Å²) in [5.41, 5.74) is 1.89. The number of hydrogen-bond donors (Lipinski definition) is 1. The van der Waals surface area contributed by atoms with Gasteiger partial charge in [0, 0.05) is 19.5 Å². The van der Waals surface area contributed by atoms with Gasteiger partial charge in [-0.25, -0.2) is 8.42 Å². The molecular weight excluding hydrogens is 590 g/mol. The highest BCUT2D eigenvalue weighted by atomic mass is 32.2. The molecule has 0 aliphatic rings. The van der Waals surface area contributed by atoms with E-state index in [9.17, 15) is 18.0 Å². The smallest absolute Gasteiger partial charge is 0.244 e. The SMILES string of the molecule is CCCNC(=O)[C@H](Cc1ccccc1)N(Cc1cccc(OC)c1)C(=O)CN(c1ccc(Oc2ccccc2)cc1)S(C)(=O)=O. The van der Waals surface area contributed by atoms with Gasteiger partial charge in [-0.3, -0.25) is 13.9 Å². The Labute approximate surface area is 265 Å². The average Bonchev–Trinajstić information content (AvgIpc) is 3.05. The van der Waals surface area contributed by atoms with Crippen LogP contribution < -0.4 is 19.1 Å². The number of anilines is 1. The minimum atomic E-state index is -3.90. The van der Waals surface area contributed by atoms with Crippen LogP contribution in [0.2, 0.25) is 0 Å². The van der Waals surface area contributed by atoms with E-state index in [0.717, 1.165) is 28.1 Å². The van der Waals surface area contributed by atoms with Gasteiger partial charge in [0.05, 0.1) is 19.1 Å². The molecule has 0 aliphatic heterocycles. The molecule has 0 heterocycles. The Morgan fingerprint density at radius 2 is 1.40 bits per heavy atom. The number of ether oxygens (including phenoxy) is 2. The molecule has 0 saturated carbocycles. The predicted molar refractivity (Wildman–Crippen MR) is 176 cm³/mol. The third-order valence-electron chi connectivity index (χ3n) is 7.09. The molecule has 45 heavy (non-hydrogen) atoms. The standard InChI is InChI=1S/C35H39N3O6S/c1-4-22-36-35(40)33(24-27-12-7-5-8-13-27)37(25-28-14-11-17-32(23-28)43-2)34(39)26-38(45(3,41)42)29-18-20-31(21-19-29)44-30-15-9-6-10-16-30/h5-21,23,33H,4,22,24-26H2,1-3H3,(H,36,40)/t33-/m0/s1. The van der Waals surface area contributed by atoms with E-state index in [1.807, 2.05) is 79.7 Å². The zero-order valence-corrected chi connectivity index (χ0v) is 26.6. The largest absolute Gasteiger partial charge is 0.497 e. The zero-order chi connectivity index (χ0) is 32.2. The first-order chi connectivity index (χ1) is 21.7. The Balaban J connectivity index is 1.68. The van der Waals surface area contributed by atoms with E-state index in [1.165, 1.54) is 4.90 Å². The quantitative estimate of drug-likeness (QED) is 0.188. The van der Waals surface area contributed by atoms with Gasteiger partial charge >= 0.3 is 0 Å². The Morgan fingerprint density at radius 3 is 2.02 bits per heavy atom. The highest BCUT2D eigenvalue weighted by Gasteiger charge is 2.33.